The van der Waals surface area contributed by atoms with E-state index in [4.69, 9.17) is 4.74 Å². The van der Waals surface area contributed by atoms with Crippen LogP contribution in [0.15, 0.2) is 43.0 Å². The number of amides is 2. The summed E-state index contributed by atoms with van der Waals surface area (Å²) in [5.41, 5.74) is 0.912. The molecule has 1 aromatic heterocycles. The molecule has 1 aliphatic heterocycles. The molecule has 1 aliphatic rings. The van der Waals surface area contributed by atoms with Crippen LogP contribution in [0.1, 0.15) is 18.5 Å². The van der Waals surface area contributed by atoms with Crippen LogP contribution in [0.2, 0.25) is 0 Å². The number of aromatic nitrogens is 2. The Balaban J connectivity index is 1.89. The highest BCUT2D eigenvalue weighted by Crippen LogP contribution is 2.32. The van der Waals surface area contributed by atoms with Crippen molar-refractivity contribution in [2.75, 3.05) is 26.7 Å². The van der Waals surface area contributed by atoms with Crippen LogP contribution in [-0.2, 0) is 16.1 Å². The fourth-order valence-electron chi connectivity index (χ4n) is 3.20. The number of nitrogens with zero attached hydrogens (tertiary/aromatic N) is 4. The molecule has 0 radical (unpaired) electrons. The predicted molar refractivity (Wildman–Crippen MR) is 91.9 cm³/mol. The number of carbonyl (C=O) groups excluding carboxylic acids is 2. The van der Waals surface area contributed by atoms with Gasteiger partial charge in [-0.2, -0.15) is 0 Å². The van der Waals surface area contributed by atoms with Crippen LogP contribution >= 0.6 is 0 Å². The summed E-state index contributed by atoms with van der Waals surface area (Å²) in [6.07, 6.45) is 5.04. The van der Waals surface area contributed by atoms with Crippen LogP contribution in [0.3, 0.4) is 0 Å². The molecule has 1 aromatic carbocycles. The number of ether oxygens (including phenoxy) is 1. The quantitative estimate of drug-likeness (QED) is 0.840. The van der Waals surface area contributed by atoms with E-state index in [1.165, 1.54) is 0 Å². The van der Waals surface area contributed by atoms with Gasteiger partial charge in [0.15, 0.2) is 0 Å². The summed E-state index contributed by atoms with van der Waals surface area (Å²) in [6.45, 7) is 3.28. The van der Waals surface area contributed by atoms with Gasteiger partial charge in [0.05, 0.1) is 19.5 Å². The number of imidazole rings is 1. The molecule has 3 rings (SSSR count). The molecule has 0 bridgehead atoms. The van der Waals surface area contributed by atoms with Crippen LogP contribution in [0.4, 0.5) is 0 Å². The lowest BCUT2D eigenvalue weighted by atomic mass is 10.0. The molecule has 0 aliphatic carbocycles. The van der Waals surface area contributed by atoms with Crippen molar-refractivity contribution in [2.24, 2.45) is 0 Å². The molecule has 132 valence electrons. The van der Waals surface area contributed by atoms with Gasteiger partial charge >= 0.3 is 0 Å². The zero-order chi connectivity index (χ0) is 17.8. The number of hydrogen-bond donors (Lipinski definition) is 0. The van der Waals surface area contributed by atoms with Crippen molar-refractivity contribution in [2.45, 2.75) is 19.5 Å². The fraction of sp³-hybridized carbons (Fsp3) is 0.389. The van der Waals surface area contributed by atoms with Crippen molar-refractivity contribution in [3.63, 3.8) is 0 Å². The van der Waals surface area contributed by atoms with Crippen molar-refractivity contribution in [3.8, 4) is 5.75 Å². The third kappa shape index (κ3) is 3.65. The largest absolute Gasteiger partial charge is 0.496 e. The Morgan fingerprint density at radius 3 is 2.76 bits per heavy atom. The molecular weight excluding hydrogens is 320 g/mol. The lowest BCUT2D eigenvalue weighted by Gasteiger charge is -2.41. The number of carbonyl (C=O) groups is 2. The topological polar surface area (TPSA) is 67.7 Å². The van der Waals surface area contributed by atoms with E-state index >= 15 is 0 Å². The molecule has 0 N–H and O–H groups in total. The first kappa shape index (κ1) is 17.0. The smallest absolute Gasteiger partial charge is 0.243 e. The highest BCUT2D eigenvalue weighted by atomic mass is 16.5. The third-order valence-electron chi connectivity index (χ3n) is 4.52. The lowest BCUT2D eigenvalue weighted by molar-refractivity contribution is -0.142. The zero-order valence-electron chi connectivity index (χ0n) is 14.5. The Morgan fingerprint density at radius 1 is 1.28 bits per heavy atom. The molecule has 1 fully saturated rings. The van der Waals surface area contributed by atoms with Gasteiger partial charge in [0.1, 0.15) is 12.3 Å². The summed E-state index contributed by atoms with van der Waals surface area (Å²) in [5, 5.41) is 0. The summed E-state index contributed by atoms with van der Waals surface area (Å²) < 4.78 is 7.22. The normalized spacial score (nSPS) is 17.4. The molecule has 1 saturated heterocycles. The molecule has 7 heteroatoms. The standard InChI is InChI=1S/C18H22N4O3/c1-14(23)21-9-10-22(18(24)12-20-8-7-19-13-20)16(11-21)15-5-3-4-6-17(15)25-2/h3-8,13,16H,9-12H2,1-2H3/t16-/m0/s1. The van der Waals surface area contributed by atoms with Gasteiger partial charge < -0.3 is 19.1 Å². The van der Waals surface area contributed by atoms with E-state index in [1.54, 1.807) is 42.2 Å². The lowest BCUT2D eigenvalue weighted by Crippen LogP contribution is -2.52. The number of benzene rings is 1. The maximum absolute atomic E-state index is 12.9. The molecule has 7 nitrogen and oxygen atoms in total. The van der Waals surface area contributed by atoms with E-state index in [-0.39, 0.29) is 24.4 Å². The Bertz CT molecular complexity index is 745. The molecule has 0 unspecified atom stereocenters. The number of para-hydroxylation sites is 1. The van der Waals surface area contributed by atoms with Gasteiger partial charge in [-0.15, -0.1) is 0 Å². The molecular formula is C18H22N4O3. The first-order valence-corrected chi connectivity index (χ1v) is 8.23. The summed E-state index contributed by atoms with van der Waals surface area (Å²) in [7, 11) is 1.61. The Kier molecular flexibility index (Phi) is 5.02. The van der Waals surface area contributed by atoms with Crippen molar-refractivity contribution >= 4 is 11.8 Å². The maximum atomic E-state index is 12.9. The molecule has 2 aromatic rings. The zero-order valence-corrected chi connectivity index (χ0v) is 14.5. The first-order valence-electron chi connectivity index (χ1n) is 8.23. The molecule has 0 spiro atoms. The summed E-state index contributed by atoms with van der Waals surface area (Å²) in [6, 6.07) is 7.41. The summed E-state index contributed by atoms with van der Waals surface area (Å²) in [4.78, 5) is 32.3. The van der Waals surface area contributed by atoms with E-state index in [0.717, 1.165) is 11.3 Å². The van der Waals surface area contributed by atoms with E-state index in [2.05, 4.69) is 4.98 Å². The highest BCUT2D eigenvalue weighted by molar-refractivity contribution is 5.78. The van der Waals surface area contributed by atoms with E-state index in [0.29, 0.717) is 19.6 Å². The predicted octanol–water partition coefficient (Wildman–Crippen LogP) is 1.32. The number of rotatable bonds is 4. The SMILES string of the molecule is COc1ccccc1[C@@H]1CN(C(C)=O)CCN1C(=O)Cn1ccnc1. The number of hydrogen-bond acceptors (Lipinski definition) is 4. The second-order valence-corrected chi connectivity index (χ2v) is 6.04. The van der Waals surface area contributed by atoms with Gasteiger partial charge in [-0.1, -0.05) is 18.2 Å². The minimum atomic E-state index is -0.232. The Labute approximate surface area is 146 Å². The van der Waals surface area contributed by atoms with E-state index in [1.807, 2.05) is 29.2 Å². The fourth-order valence-corrected chi connectivity index (χ4v) is 3.20. The van der Waals surface area contributed by atoms with Gasteiger partial charge in [0, 0.05) is 44.5 Å². The molecule has 2 heterocycles. The second-order valence-electron chi connectivity index (χ2n) is 6.04. The average Bonchev–Trinajstić information content (AvgIpc) is 3.14. The molecule has 2 amide bonds. The monoisotopic (exact) mass is 342 g/mol. The van der Waals surface area contributed by atoms with Gasteiger partial charge in [0.25, 0.3) is 0 Å². The Hall–Kier alpha value is -2.83. The highest BCUT2D eigenvalue weighted by Gasteiger charge is 2.34. The molecule has 25 heavy (non-hydrogen) atoms. The minimum Gasteiger partial charge on any atom is -0.496 e. The van der Waals surface area contributed by atoms with Crippen molar-refractivity contribution in [3.05, 3.63) is 48.5 Å². The minimum absolute atomic E-state index is 0.00268. The van der Waals surface area contributed by atoms with E-state index < -0.39 is 0 Å². The van der Waals surface area contributed by atoms with Crippen LogP contribution in [0.5, 0.6) is 5.75 Å². The van der Waals surface area contributed by atoms with Crippen molar-refractivity contribution < 1.29 is 14.3 Å². The third-order valence-corrected chi connectivity index (χ3v) is 4.52. The van der Waals surface area contributed by atoms with Crippen LogP contribution in [0.25, 0.3) is 0 Å². The van der Waals surface area contributed by atoms with Crippen LogP contribution < -0.4 is 4.74 Å². The van der Waals surface area contributed by atoms with E-state index in [9.17, 15) is 9.59 Å². The maximum Gasteiger partial charge on any atom is 0.243 e. The summed E-state index contributed by atoms with van der Waals surface area (Å²) in [5.74, 6) is 0.733. The van der Waals surface area contributed by atoms with Gasteiger partial charge in [-0.3, -0.25) is 9.59 Å². The van der Waals surface area contributed by atoms with Gasteiger partial charge in [-0.05, 0) is 6.07 Å². The average molecular weight is 342 g/mol. The van der Waals surface area contributed by atoms with Crippen molar-refractivity contribution in [1.82, 2.24) is 19.4 Å². The van der Waals surface area contributed by atoms with Crippen LogP contribution in [0, 0.1) is 0 Å². The van der Waals surface area contributed by atoms with Crippen molar-refractivity contribution in [1.29, 1.82) is 0 Å². The van der Waals surface area contributed by atoms with Crippen LogP contribution in [-0.4, -0.2) is 57.9 Å². The number of piperazine rings is 1. The van der Waals surface area contributed by atoms with Gasteiger partial charge in [0.2, 0.25) is 11.8 Å². The number of methoxy groups -OCH3 is 1. The van der Waals surface area contributed by atoms with Gasteiger partial charge in [-0.25, -0.2) is 4.98 Å². The summed E-state index contributed by atoms with van der Waals surface area (Å²) >= 11 is 0. The second kappa shape index (κ2) is 7.38. The first-order chi connectivity index (χ1) is 12.1. The molecule has 1 atom stereocenters. The molecule has 0 saturated carbocycles. The Morgan fingerprint density at radius 2 is 2.08 bits per heavy atom.